The maximum absolute atomic E-state index is 13.9. The van der Waals surface area contributed by atoms with Crippen LogP contribution in [-0.2, 0) is 16.0 Å². The molecule has 4 rings (SSSR count). The van der Waals surface area contributed by atoms with Crippen LogP contribution in [0.2, 0.25) is 0 Å². The maximum Gasteiger partial charge on any atom is 0.311 e. The van der Waals surface area contributed by atoms with Gasteiger partial charge in [0.15, 0.2) is 0 Å². The molecular weight excluding hydrogens is 351 g/mol. The van der Waals surface area contributed by atoms with Gasteiger partial charge in [-0.3, -0.25) is 9.59 Å². The van der Waals surface area contributed by atoms with Gasteiger partial charge in [-0.1, -0.05) is 17.3 Å². The van der Waals surface area contributed by atoms with Crippen LogP contribution in [0.25, 0.3) is 11.3 Å². The monoisotopic (exact) mass is 372 g/mol. The lowest BCUT2D eigenvalue weighted by Gasteiger charge is -2.39. The Hall–Kier alpha value is -2.70. The van der Waals surface area contributed by atoms with Crippen LogP contribution in [-0.4, -0.2) is 40.1 Å². The van der Waals surface area contributed by atoms with Crippen LogP contribution in [0.4, 0.5) is 4.39 Å². The Morgan fingerprint density at radius 3 is 2.81 bits per heavy atom. The number of halogens is 1. The molecule has 0 bridgehead atoms. The minimum absolute atomic E-state index is 0.0601. The van der Waals surface area contributed by atoms with Gasteiger partial charge in [-0.2, -0.15) is 0 Å². The number of benzene rings is 1. The Bertz CT molecular complexity index is 876. The number of nitrogens with zero attached hydrogens (tertiary/aromatic N) is 2. The predicted molar refractivity (Wildman–Crippen MR) is 94.2 cm³/mol. The van der Waals surface area contributed by atoms with Gasteiger partial charge in [0.2, 0.25) is 5.91 Å². The van der Waals surface area contributed by atoms with Crippen molar-refractivity contribution in [3.8, 4) is 11.3 Å². The van der Waals surface area contributed by atoms with Gasteiger partial charge in [0.05, 0.1) is 5.41 Å². The van der Waals surface area contributed by atoms with Crippen molar-refractivity contribution in [2.75, 3.05) is 13.1 Å². The van der Waals surface area contributed by atoms with Crippen molar-refractivity contribution in [2.45, 2.75) is 32.1 Å². The van der Waals surface area contributed by atoms with E-state index in [9.17, 15) is 19.1 Å². The second kappa shape index (κ2) is 6.79. The van der Waals surface area contributed by atoms with Crippen LogP contribution in [0, 0.1) is 17.2 Å². The highest BCUT2D eigenvalue weighted by Gasteiger charge is 2.46. The summed E-state index contributed by atoms with van der Waals surface area (Å²) < 4.78 is 19.3. The summed E-state index contributed by atoms with van der Waals surface area (Å²) >= 11 is 0. The fourth-order valence-electron chi connectivity index (χ4n) is 3.83. The molecule has 1 aliphatic heterocycles. The number of hydrogen-bond acceptors (Lipinski definition) is 4. The number of hydrogen-bond donors (Lipinski definition) is 1. The van der Waals surface area contributed by atoms with E-state index in [0.717, 1.165) is 12.8 Å². The van der Waals surface area contributed by atoms with Crippen molar-refractivity contribution in [3.05, 3.63) is 41.9 Å². The number of carboxylic acids is 1. The average molecular weight is 372 g/mol. The Morgan fingerprint density at radius 1 is 1.33 bits per heavy atom. The average Bonchev–Trinajstić information content (AvgIpc) is 3.41. The van der Waals surface area contributed by atoms with E-state index in [1.165, 1.54) is 6.07 Å². The molecule has 1 aromatic heterocycles. The molecule has 2 heterocycles. The third-order valence-electron chi connectivity index (χ3n) is 5.49. The van der Waals surface area contributed by atoms with Crippen molar-refractivity contribution in [1.29, 1.82) is 0 Å². The van der Waals surface area contributed by atoms with Crippen molar-refractivity contribution in [1.82, 2.24) is 10.1 Å². The van der Waals surface area contributed by atoms with Gasteiger partial charge in [-0.05, 0) is 37.8 Å². The molecule has 6 nitrogen and oxygen atoms in total. The standard InChI is InChI=1S/C20H21FN2O4/c21-16-5-2-1-4-15(16)17-10-14(27-22-17)11-20(19(25)26)8-3-9-23(12-20)18(24)13-6-7-13/h1-2,4-5,10,13H,3,6-9,11-12H2,(H,25,26)/t20-/m0/s1. The second-order valence-corrected chi connectivity index (χ2v) is 7.56. The highest BCUT2D eigenvalue weighted by Crippen LogP contribution is 2.38. The van der Waals surface area contributed by atoms with Crippen molar-refractivity contribution in [3.63, 3.8) is 0 Å². The van der Waals surface area contributed by atoms with E-state index in [4.69, 9.17) is 4.52 Å². The van der Waals surface area contributed by atoms with Crippen LogP contribution >= 0.6 is 0 Å². The Kier molecular flexibility index (Phi) is 4.45. The summed E-state index contributed by atoms with van der Waals surface area (Å²) in [7, 11) is 0. The number of amides is 1. The van der Waals surface area contributed by atoms with Crippen molar-refractivity contribution < 1.29 is 23.6 Å². The highest BCUT2D eigenvalue weighted by atomic mass is 19.1. The lowest BCUT2D eigenvalue weighted by Crippen LogP contribution is -2.51. The molecule has 1 saturated heterocycles. The summed E-state index contributed by atoms with van der Waals surface area (Å²) in [5.41, 5.74) is -0.453. The fourth-order valence-corrected chi connectivity index (χ4v) is 3.83. The smallest absolute Gasteiger partial charge is 0.311 e. The normalized spacial score (nSPS) is 22.6. The number of carbonyl (C=O) groups excluding carboxylic acids is 1. The van der Waals surface area contributed by atoms with E-state index in [-0.39, 0.29) is 24.8 Å². The molecular formula is C20H21FN2O4. The molecule has 2 aromatic rings. The molecule has 2 fully saturated rings. The first-order valence-corrected chi connectivity index (χ1v) is 9.21. The number of likely N-dealkylation sites (tertiary alicyclic amines) is 1. The summed E-state index contributed by atoms with van der Waals surface area (Å²) in [5.74, 6) is -0.849. The summed E-state index contributed by atoms with van der Waals surface area (Å²) in [6.07, 6.45) is 3.01. The second-order valence-electron chi connectivity index (χ2n) is 7.56. The number of carbonyl (C=O) groups is 2. The lowest BCUT2D eigenvalue weighted by molar-refractivity contribution is -0.155. The van der Waals surface area contributed by atoms with Crippen molar-refractivity contribution >= 4 is 11.9 Å². The number of aromatic nitrogens is 1. The summed E-state index contributed by atoms with van der Waals surface area (Å²) in [6, 6.07) is 7.82. The quantitative estimate of drug-likeness (QED) is 0.872. The first-order chi connectivity index (χ1) is 13.0. The van der Waals surface area contributed by atoms with E-state index >= 15 is 0 Å². The molecule has 0 spiro atoms. The van der Waals surface area contributed by atoms with Gasteiger partial charge in [0.1, 0.15) is 17.3 Å². The minimum Gasteiger partial charge on any atom is -0.481 e. The highest BCUT2D eigenvalue weighted by molar-refractivity contribution is 5.83. The number of rotatable bonds is 5. The van der Waals surface area contributed by atoms with Gasteiger partial charge in [0.25, 0.3) is 0 Å². The van der Waals surface area contributed by atoms with E-state index in [2.05, 4.69) is 5.16 Å². The van der Waals surface area contributed by atoms with Gasteiger partial charge in [-0.25, -0.2) is 4.39 Å². The first kappa shape index (κ1) is 17.7. The zero-order valence-corrected chi connectivity index (χ0v) is 14.9. The molecule has 1 N–H and O–H groups in total. The topological polar surface area (TPSA) is 83.6 Å². The molecule has 1 amide bonds. The van der Waals surface area contributed by atoms with Gasteiger partial charge in [-0.15, -0.1) is 0 Å². The summed E-state index contributed by atoms with van der Waals surface area (Å²) in [5, 5.41) is 13.8. The maximum atomic E-state index is 13.9. The molecule has 142 valence electrons. The van der Waals surface area contributed by atoms with Gasteiger partial charge < -0.3 is 14.5 Å². The largest absolute Gasteiger partial charge is 0.481 e. The molecule has 7 heteroatoms. The van der Waals surface area contributed by atoms with Crippen LogP contribution in [0.5, 0.6) is 0 Å². The first-order valence-electron chi connectivity index (χ1n) is 9.21. The summed E-state index contributed by atoms with van der Waals surface area (Å²) in [6.45, 7) is 0.772. The van der Waals surface area contributed by atoms with E-state index in [0.29, 0.717) is 36.4 Å². The SMILES string of the molecule is O=C(C1CC1)N1CCC[C@@](Cc2cc(-c3ccccc3F)no2)(C(=O)O)C1. The number of carboxylic acid groups (broad SMARTS) is 1. The zero-order valence-electron chi connectivity index (χ0n) is 14.9. The zero-order chi connectivity index (χ0) is 19.0. The minimum atomic E-state index is -1.10. The Balaban J connectivity index is 1.56. The molecule has 1 aromatic carbocycles. The number of piperidine rings is 1. The number of aliphatic carboxylic acids is 1. The van der Waals surface area contributed by atoms with Gasteiger partial charge in [0, 0.05) is 37.1 Å². The molecule has 27 heavy (non-hydrogen) atoms. The third kappa shape index (κ3) is 3.46. The molecule has 0 radical (unpaired) electrons. The third-order valence-corrected chi connectivity index (χ3v) is 5.49. The van der Waals surface area contributed by atoms with Gasteiger partial charge >= 0.3 is 5.97 Å². The van der Waals surface area contributed by atoms with E-state index < -0.39 is 17.2 Å². The Morgan fingerprint density at radius 2 is 2.11 bits per heavy atom. The molecule has 1 atom stereocenters. The molecule has 1 saturated carbocycles. The molecule has 0 unspecified atom stereocenters. The van der Waals surface area contributed by atoms with E-state index in [1.807, 2.05) is 0 Å². The van der Waals surface area contributed by atoms with Crippen LogP contribution in [0.15, 0.2) is 34.9 Å². The predicted octanol–water partition coefficient (Wildman–Crippen LogP) is 3.13. The Labute approximate surface area is 155 Å². The van der Waals surface area contributed by atoms with Crippen LogP contribution < -0.4 is 0 Å². The summed E-state index contributed by atoms with van der Waals surface area (Å²) in [4.78, 5) is 26.2. The lowest BCUT2D eigenvalue weighted by atomic mass is 9.76. The van der Waals surface area contributed by atoms with Crippen LogP contribution in [0.3, 0.4) is 0 Å². The molecule has 1 aliphatic carbocycles. The fraction of sp³-hybridized carbons (Fsp3) is 0.450. The van der Waals surface area contributed by atoms with E-state index in [1.54, 1.807) is 29.2 Å². The van der Waals surface area contributed by atoms with Crippen molar-refractivity contribution in [2.24, 2.45) is 11.3 Å². The van der Waals surface area contributed by atoms with Crippen LogP contribution in [0.1, 0.15) is 31.4 Å². The molecule has 2 aliphatic rings.